The van der Waals surface area contributed by atoms with E-state index in [1.54, 1.807) is 18.0 Å². The molecule has 1 spiro atoms. The molecule has 1 saturated heterocycles. The van der Waals surface area contributed by atoms with Crippen LogP contribution in [0, 0.1) is 34.5 Å². The van der Waals surface area contributed by atoms with Gasteiger partial charge in [-0.15, -0.1) is 0 Å². The molecule has 1 aliphatic heterocycles. The van der Waals surface area contributed by atoms with E-state index in [-0.39, 0.29) is 5.91 Å². The van der Waals surface area contributed by atoms with Crippen molar-refractivity contribution in [1.29, 1.82) is 0 Å². The van der Waals surface area contributed by atoms with E-state index in [9.17, 15) is 4.79 Å². The van der Waals surface area contributed by atoms with Crippen molar-refractivity contribution in [2.24, 2.45) is 34.5 Å². The maximum absolute atomic E-state index is 13.1. The van der Waals surface area contributed by atoms with Crippen LogP contribution in [-0.4, -0.2) is 53.4 Å². The third-order valence-corrected chi connectivity index (χ3v) is 11.5. The standard InChI is InChI=1S/C29H41N3O/c1-19-24-9-10-26-23-8-7-21-16-22(32(4)27(33)20-6-5-15-30-17-20)11-13-28(21,2)25(23)12-14-29(24,26)18-31(19)3/h5-7,15,17,19,22-26H,8-14,16,18H2,1-4H3. The number of aromatic nitrogens is 1. The minimum absolute atomic E-state index is 0.113. The molecule has 8 atom stereocenters. The predicted molar refractivity (Wildman–Crippen MR) is 132 cm³/mol. The lowest BCUT2D eigenvalue weighted by Crippen LogP contribution is -2.53. The summed E-state index contributed by atoms with van der Waals surface area (Å²) in [5.74, 6) is 3.68. The molecule has 3 saturated carbocycles. The first-order chi connectivity index (χ1) is 15.8. The molecule has 2 heterocycles. The first-order valence-corrected chi connectivity index (χ1v) is 13.4. The molecule has 0 aromatic carbocycles. The normalized spacial score (nSPS) is 44.3. The number of fused-ring (bicyclic) bond motifs is 4. The van der Waals surface area contributed by atoms with Crippen molar-refractivity contribution in [2.75, 3.05) is 20.6 Å². The molecular formula is C29H41N3O. The third kappa shape index (κ3) is 3.05. The van der Waals surface area contributed by atoms with E-state index in [1.165, 1.54) is 45.1 Å². The largest absolute Gasteiger partial charge is 0.338 e. The summed E-state index contributed by atoms with van der Waals surface area (Å²) in [5, 5.41) is 0. The smallest absolute Gasteiger partial charge is 0.255 e. The number of hydrogen-bond acceptors (Lipinski definition) is 3. The molecular weight excluding hydrogens is 406 g/mol. The maximum Gasteiger partial charge on any atom is 0.255 e. The lowest BCUT2D eigenvalue weighted by molar-refractivity contribution is -0.0430. The van der Waals surface area contributed by atoms with Crippen LogP contribution < -0.4 is 0 Å². The van der Waals surface area contributed by atoms with Crippen molar-refractivity contribution in [3.8, 4) is 0 Å². The van der Waals surface area contributed by atoms with Gasteiger partial charge in [-0.25, -0.2) is 0 Å². The molecule has 33 heavy (non-hydrogen) atoms. The van der Waals surface area contributed by atoms with Gasteiger partial charge in [-0.3, -0.25) is 9.78 Å². The molecule has 4 fully saturated rings. The van der Waals surface area contributed by atoms with Crippen molar-refractivity contribution >= 4 is 5.91 Å². The van der Waals surface area contributed by atoms with Crippen molar-refractivity contribution < 1.29 is 4.79 Å². The molecule has 4 nitrogen and oxygen atoms in total. The minimum Gasteiger partial charge on any atom is -0.338 e. The lowest BCUT2D eigenvalue weighted by atomic mass is 9.47. The maximum atomic E-state index is 13.1. The second-order valence-electron chi connectivity index (χ2n) is 12.4. The number of nitrogens with zero attached hydrogens (tertiary/aromatic N) is 3. The van der Waals surface area contributed by atoms with Crippen LogP contribution in [-0.2, 0) is 0 Å². The van der Waals surface area contributed by atoms with Gasteiger partial charge in [0.1, 0.15) is 0 Å². The Kier molecular flexibility index (Phi) is 5.07. The van der Waals surface area contributed by atoms with Crippen molar-refractivity contribution in [3.63, 3.8) is 0 Å². The number of amides is 1. The minimum atomic E-state index is 0.113. The summed E-state index contributed by atoms with van der Waals surface area (Å²) in [6, 6.07) is 4.82. The molecule has 0 bridgehead atoms. The fraction of sp³-hybridized carbons (Fsp3) is 0.724. The van der Waals surface area contributed by atoms with Crippen molar-refractivity contribution in [2.45, 2.75) is 77.3 Å². The average Bonchev–Trinajstić information content (AvgIpc) is 3.31. The SMILES string of the molecule is CC1C2CCC3C4CC=C5CC(N(C)C(=O)c6cccnc6)CCC5(C)C4CCC32CN1C. The molecule has 4 heteroatoms. The van der Waals surface area contributed by atoms with Gasteiger partial charge in [-0.05, 0) is 112 Å². The Balaban J connectivity index is 1.22. The van der Waals surface area contributed by atoms with Gasteiger partial charge in [0.15, 0.2) is 0 Å². The molecule has 1 amide bonds. The van der Waals surface area contributed by atoms with Crippen LogP contribution in [0.15, 0.2) is 36.2 Å². The molecule has 5 aliphatic rings. The van der Waals surface area contributed by atoms with Gasteiger partial charge in [0.2, 0.25) is 0 Å². The van der Waals surface area contributed by atoms with E-state index in [1.807, 2.05) is 24.1 Å². The summed E-state index contributed by atoms with van der Waals surface area (Å²) in [6.07, 6.45) is 16.5. The highest BCUT2D eigenvalue weighted by Crippen LogP contribution is 2.68. The zero-order valence-electron chi connectivity index (χ0n) is 21.0. The molecule has 1 aromatic rings. The number of likely N-dealkylation sites (tertiary alicyclic amines) is 1. The van der Waals surface area contributed by atoms with Crippen LogP contribution in [0.25, 0.3) is 0 Å². The summed E-state index contributed by atoms with van der Waals surface area (Å²) in [7, 11) is 4.36. The van der Waals surface area contributed by atoms with Crippen LogP contribution in [0.2, 0.25) is 0 Å². The summed E-state index contributed by atoms with van der Waals surface area (Å²) in [5.41, 5.74) is 3.31. The fourth-order valence-electron chi connectivity index (χ4n) is 9.63. The first-order valence-electron chi connectivity index (χ1n) is 13.4. The van der Waals surface area contributed by atoms with E-state index in [4.69, 9.17) is 0 Å². The molecule has 4 aliphatic carbocycles. The zero-order chi connectivity index (χ0) is 23.0. The van der Waals surface area contributed by atoms with E-state index in [2.05, 4.69) is 36.9 Å². The Morgan fingerprint density at radius 3 is 2.76 bits per heavy atom. The van der Waals surface area contributed by atoms with Crippen LogP contribution in [0.1, 0.15) is 75.6 Å². The van der Waals surface area contributed by atoms with E-state index in [0.717, 1.165) is 42.6 Å². The van der Waals surface area contributed by atoms with Crippen molar-refractivity contribution in [3.05, 3.63) is 41.7 Å². The Morgan fingerprint density at radius 1 is 1.15 bits per heavy atom. The third-order valence-electron chi connectivity index (χ3n) is 11.5. The van der Waals surface area contributed by atoms with Gasteiger partial charge < -0.3 is 9.80 Å². The summed E-state index contributed by atoms with van der Waals surface area (Å²) < 4.78 is 0. The zero-order valence-corrected chi connectivity index (χ0v) is 21.0. The van der Waals surface area contributed by atoms with E-state index in [0.29, 0.717) is 22.4 Å². The molecule has 6 rings (SSSR count). The van der Waals surface area contributed by atoms with Gasteiger partial charge in [-0.1, -0.05) is 18.6 Å². The second-order valence-corrected chi connectivity index (χ2v) is 12.4. The lowest BCUT2D eigenvalue weighted by Gasteiger charge is -2.58. The summed E-state index contributed by atoms with van der Waals surface area (Å²) in [4.78, 5) is 21.9. The number of rotatable bonds is 2. The van der Waals surface area contributed by atoms with E-state index < -0.39 is 0 Å². The predicted octanol–water partition coefficient (Wildman–Crippen LogP) is 5.42. The van der Waals surface area contributed by atoms with Crippen LogP contribution in [0.4, 0.5) is 0 Å². The Hall–Kier alpha value is -1.68. The van der Waals surface area contributed by atoms with Crippen molar-refractivity contribution in [1.82, 2.24) is 14.8 Å². The molecule has 0 N–H and O–H groups in total. The highest BCUT2D eigenvalue weighted by molar-refractivity contribution is 5.93. The average molecular weight is 448 g/mol. The Morgan fingerprint density at radius 2 is 1.97 bits per heavy atom. The van der Waals surface area contributed by atoms with Crippen LogP contribution in [0.5, 0.6) is 0 Å². The van der Waals surface area contributed by atoms with Gasteiger partial charge in [0.25, 0.3) is 5.91 Å². The Labute approximate surface area is 199 Å². The van der Waals surface area contributed by atoms with Crippen LogP contribution >= 0.6 is 0 Å². The number of carbonyl (C=O) groups excluding carboxylic acids is 1. The van der Waals surface area contributed by atoms with Gasteiger partial charge in [-0.2, -0.15) is 0 Å². The first kappa shape index (κ1) is 21.8. The number of allylic oxidation sites excluding steroid dienone is 1. The number of pyridine rings is 1. The van der Waals surface area contributed by atoms with Gasteiger partial charge in [0.05, 0.1) is 5.56 Å². The second kappa shape index (κ2) is 7.66. The number of hydrogen-bond donors (Lipinski definition) is 0. The highest BCUT2D eigenvalue weighted by atomic mass is 16.2. The summed E-state index contributed by atoms with van der Waals surface area (Å²) >= 11 is 0. The van der Waals surface area contributed by atoms with Gasteiger partial charge in [0, 0.05) is 38.1 Å². The van der Waals surface area contributed by atoms with Gasteiger partial charge >= 0.3 is 0 Å². The van der Waals surface area contributed by atoms with E-state index >= 15 is 0 Å². The molecule has 1 aromatic heterocycles. The molecule has 0 radical (unpaired) electrons. The Bertz CT molecular complexity index is 959. The fourth-order valence-corrected chi connectivity index (χ4v) is 9.63. The summed E-state index contributed by atoms with van der Waals surface area (Å²) in [6.45, 7) is 6.41. The highest BCUT2D eigenvalue weighted by Gasteiger charge is 2.64. The molecule has 178 valence electrons. The quantitative estimate of drug-likeness (QED) is 0.569. The molecule has 8 unspecified atom stereocenters. The number of carbonyl (C=O) groups is 1. The topological polar surface area (TPSA) is 36.4 Å². The monoisotopic (exact) mass is 447 g/mol. The van der Waals surface area contributed by atoms with Crippen LogP contribution in [0.3, 0.4) is 0 Å².